The van der Waals surface area contributed by atoms with Crippen LogP contribution in [-0.4, -0.2) is 53.5 Å². The van der Waals surface area contributed by atoms with Crippen molar-refractivity contribution in [3.8, 4) is 0 Å². The van der Waals surface area contributed by atoms with Crippen molar-refractivity contribution < 1.29 is 14.2 Å². The fourth-order valence-corrected chi connectivity index (χ4v) is 5.15. The Hall–Kier alpha value is -1.24. The molecule has 0 radical (unpaired) electrons. The molecule has 1 aliphatic rings. The van der Waals surface area contributed by atoms with Gasteiger partial charge in [-0.3, -0.25) is 4.79 Å². The second-order valence-electron chi connectivity index (χ2n) is 7.32. The van der Waals surface area contributed by atoms with Gasteiger partial charge in [0.25, 0.3) is 0 Å². The lowest BCUT2D eigenvalue weighted by Crippen LogP contribution is -2.55. The van der Waals surface area contributed by atoms with Gasteiger partial charge in [0.2, 0.25) is 0 Å². The Morgan fingerprint density at radius 3 is 2.81 bits per heavy atom. The van der Waals surface area contributed by atoms with Crippen LogP contribution in [0.2, 0.25) is 10.0 Å². The second-order valence-corrected chi connectivity index (χ2v) is 10.1. The van der Waals surface area contributed by atoms with Gasteiger partial charge in [0.15, 0.2) is 0 Å². The zero-order chi connectivity index (χ0) is 23.3. The van der Waals surface area contributed by atoms with Crippen molar-refractivity contribution >= 4 is 52.0 Å². The zero-order valence-corrected chi connectivity index (χ0v) is 20.8. The highest BCUT2D eigenvalue weighted by Gasteiger charge is 2.37. The molecule has 12 heteroatoms. The highest BCUT2D eigenvalue weighted by atomic mass is 35.5. The number of thioether (sulfide) groups is 1. The number of halogens is 2. The van der Waals surface area contributed by atoms with Crippen molar-refractivity contribution in [3.63, 3.8) is 0 Å². The largest absolute Gasteiger partial charge is 0.396 e. The van der Waals surface area contributed by atoms with E-state index in [0.29, 0.717) is 41.3 Å². The highest BCUT2D eigenvalue weighted by Crippen LogP contribution is 2.34. The van der Waals surface area contributed by atoms with Crippen molar-refractivity contribution in [2.75, 3.05) is 19.8 Å². The summed E-state index contributed by atoms with van der Waals surface area (Å²) in [7, 11) is 0. The van der Waals surface area contributed by atoms with Crippen LogP contribution in [0.4, 0.5) is 0 Å². The SMILES string of the molecule is CC(C)OC1C(Sc2ccc(Cl)c(Cl)c2)OCCOC[C@H]1N(N)/C=C(\N)c1csc(=O)[nH]1. The molecule has 3 rings (SSSR count). The number of aromatic amines is 1. The van der Waals surface area contributed by atoms with E-state index < -0.39 is 17.6 Å². The number of hydrogen-bond acceptors (Lipinski definition) is 9. The van der Waals surface area contributed by atoms with E-state index in [4.69, 9.17) is 49.0 Å². The molecule has 0 bridgehead atoms. The monoisotopic (exact) mass is 520 g/mol. The van der Waals surface area contributed by atoms with Crippen molar-refractivity contribution in [3.05, 3.63) is 55.2 Å². The van der Waals surface area contributed by atoms with E-state index >= 15 is 0 Å². The van der Waals surface area contributed by atoms with Gasteiger partial charge in [-0.15, -0.1) is 0 Å². The summed E-state index contributed by atoms with van der Waals surface area (Å²) in [6.07, 6.45) is 1.00. The Kier molecular flexibility index (Phi) is 9.33. The van der Waals surface area contributed by atoms with Gasteiger partial charge in [0.05, 0.1) is 53.4 Å². The Morgan fingerprint density at radius 2 is 2.16 bits per heavy atom. The molecule has 8 nitrogen and oxygen atoms in total. The number of nitrogens with zero attached hydrogens (tertiary/aromatic N) is 1. The quantitative estimate of drug-likeness (QED) is 0.375. The summed E-state index contributed by atoms with van der Waals surface area (Å²) in [6.45, 7) is 5.01. The molecule has 1 fully saturated rings. The van der Waals surface area contributed by atoms with E-state index in [0.717, 1.165) is 16.2 Å². The van der Waals surface area contributed by atoms with Crippen LogP contribution in [0.5, 0.6) is 0 Å². The van der Waals surface area contributed by atoms with Crippen molar-refractivity contribution in [2.24, 2.45) is 11.6 Å². The van der Waals surface area contributed by atoms with E-state index in [1.807, 2.05) is 19.9 Å². The molecule has 2 heterocycles. The lowest BCUT2D eigenvalue weighted by molar-refractivity contribution is -0.129. The van der Waals surface area contributed by atoms with Crippen LogP contribution < -0.4 is 16.4 Å². The first-order valence-electron chi connectivity index (χ1n) is 9.89. The summed E-state index contributed by atoms with van der Waals surface area (Å²) < 4.78 is 18.1. The number of nitrogens with two attached hydrogens (primary N) is 2. The van der Waals surface area contributed by atoms with Gasteiger partial charge in [-0.2, -0.15) is 0 Å². The van der Waals surface area contributed by atoms with Crippen molar-refractivity contribution in [1.29, 1.82) is 0 Å². The summed E-state index contributed by atoms with van der Waals surface area (Å²) in [5.74, 6) is 6.40. The minimum absolute atomic E-state index is 0.0922. The molecular weight excluding hydrogens is 495 g/mol. The third-order valence-corrected chi connectivity index (χ3v) is 7.09. The first-order chi connectivity index (χ1) is 15.2. The maximum Gasteiger partial charge on any atom is 0.304 e. The third kappa shape index (κ3) is 6.88. The molecule has 32 heavy (non-hydrogen) atoms. The predicted molar refractivity (Wildman–Crippen MR) is 130 cm³/mol. The van der Waals surface area contributed by atoms with Gasteiger partial charge in [-0.1, -0.05) is 46.3 Å². The normalized spacial score (nSPS) is 22.6. The summed E-state index contributed by atoms with van der Waals surface area (Å²) in [6, 6.07) is 5.00. The average molecular weight is 521 g/mol. The maximum absolute atomic E-state index is 11.5. The molecule has 0 saturated carbocycles. The van der Waals surface area contributed by atoms with Gasteiger partial charge in [-0.05, 0) is 32.0 Å². The average Bonchev–Trinajstić information content (AvgIpc) is 3.16. The van der Waals surface area contributed by atoms with E-state index in [2.05, 4.69) is 4.98 Å². The van der Waals surface area contributed by atoms with Crippen LogP contribution in [0, 0.1) is 0 Å². The minimum Gasteiger partial charge on any atom is -0.396 e. The Balaban J connectivity index is 1.88. The minimum atomic E-state index is -0.467. The van der Waals surface area contributed by atoms with Crippen LogP contribution in [0.1, 0.15) is 19.5 Å². The smallest absolute Gasteiger partial charge is 0.304 e. The van der Waals surface area contributed by atoms with Crippen LogP contribution in [-0.2, 0) is 14.2 Å². The third-order valence-electron chi connectivity index (χ3n) is 4.52. The van der Waals surface area contributed by atoms with Gasteiger partial charge in [-0.25, -0.2) is 5.84 Å². The first-order valence-corrected chi connectivity index (χ1v) is 12.4. The molecule has 0 spiro atoms. The van der Waals surface area contributed by atoms with Crippen LogP contribution >= 0.6 is 46.3 Å². The maximum atomic E-state index is 11.5. The number of aromatic nitrogens is 1. The summed E-state index contributed by atoms with van der Waals surface area (Å²) in [5, 5.41) is 4.04. The fourth-order valence-electron chi connectivity index (χ4n) is 3.06. The van der Waals surface area contributed by atoms with Crippen LogP contribution in [0.15, 0.2) is 39.5 Å². The number of H-pyrrole nitrogens is 1. The number of hydrogen-bond donors (Lipinski definition) is 3. The lowest BCUT2D eigenvalue weighted by Gasteiger charge is -2.39. The molecule has 0 aliphatic carbocycles. The van der Waals surface area contributed by atoms with Crippen molar-refractivity contribution in [2.45, 2.75) is 42.4 Å². The molecule has 5 N–H and O–H groups in total. The fraction of sp³-hybridized carbons (Fsp3) is 0.450. The summed E-state index contributed by atoms with van der Waals surface area (Å²) >= 11 is 14.8. The molecule has 176 valence electrons. The molecule has 2 aromatic rings. The zero-order valence-electron chi connectivity index (χ0n) is 17.6. The number of hydrazine groups is 1. The number of ether oxygens (including phenoxy) is 3. The summed E-state index contributed by atoms with van der Waals surface area (Å²) in [5.41, 5.74) is 6.58. The molecule has 1 aromatic heterocycles. The molecule has 1 aliphatic heterocycles. The van der Waals surface area contributed by atoms with Gasteiger partial charge >= 0.3 is 4.87 Å². The predicted octanol–water partition coefficient (Wildman–Crippen LogP) is 3.50. The number of benzene rings is 1. The molecule has 0 amide bonds. The van der Waals surface area contributed by atoms with Crippen molar-refractivity contribution in [1.82, 2.24) is 9.99 Å². The molecular formula is C20H26Cl2N4O4S2. The number of nitrogens with one attached hydrogen (secondary N) is 1. The number of thiazole rings is 1. The summed E-state index contributed by atoms with van der Waals surface area (Å²) in [4.78, 5) is 14.8. The van der Waals surface area contributed by atoms with Gasteiger partial charge in [0.1, 0.15) is 11.5 Å². The first kappa shape index (κ1) is 25.4. The molecule has 3 atom stereocenters. The van der Waals surface area contributed by atoms with E-state index in [1.165, 1.54) is 16.8 Å². The lowest BCUT2D eigenvalue weighted by atomic mass is 10.1. The van der Waals surface area contributed by atoms with Crippen LogP contribution in [0.3, 0.4) is 0 Å². The Bertz CT molecular complexity index is 985. The Labute approximate surface area is 204 Å². The topological polar surface area (TPSA) is 116 Å². The molecule has 1 aromatic carbocycles. The van der Waals surface area contributed by atoms with Gasteiger partial charge in [0, 0.05) is 16.5 Å². The molecule has 1 saturated heterocycles. The number of rotatable bonds is 7. The van der Waals surface area contributed by atoms with E-state index in [9.17, 15) is 4.79 Å². The van der Waals surface area contributed by atoms with E-state index in [1.54, 1.807) is 23.7 Å². The van der Waals surface area contributed by atoms with E-state index in [-0.39, 0.29) is 11.0 Å². The second kappa shape index (κ2) is 11.8. The van der Waals surface area contributed by atoms with Gasteiger partial charge < -0.3 is 29.9 Å². The van der Waals surface area contributed by atoms with Crippen LogP contribution in [0.25, 0.3) is 5.70 Å². The standard InChI is InChI=1S/C20H26Cl2N4O4S2/c1-11(2)30-18-17(26(24)8-15(23)16-10-31-20(27)25-16)9-28-5-6-29-19(18)32-12-3-4-13(21)14(22)7-12/h3-4,7-8,10-11,17-19H,5-6,9,23-24H2,1-2H3,(H,25,27)/b15-8-/t17-,18?,19?/m1/s1. The Morgan fingerprint density at radius 1 is 1.38 bits per heavy atom. The highest BCUT2D eigenvalue weighted by molar-refractivity contribution is 7.99. The molecule has 2 unspecified atom stereocenters.